The van der Waals surface area contributed by atoms with Gasteiger partial charge in [-0.3, -0.25) is 0 Å². The maximum absolute atomic E-state index is 11.8. The average molecular weight is 281 g/mol. The summed E-state index contributed by atoms with van der Waals surface area (Å²) in [4.78, 5) is 2.14. The van der Waals surface area contributed by atoms with E-state index in [0.29, 0.717) is 18.8 Å². The molecule has 0 saturated heterocycles. The zero-order chi connectivity index (χ0) is 14.1. The SMILES string of the molecule is CC(C)(CN)CCN1C=NS(=O)(=O)c2ccccc21. The highest BCUT2D eigenvalue weighted by atomic mass is 32.2. The number of para-hydroxylation sites is 1. The molecule has 2 rings (SSSR count). The molecule has 0 fully saturated rings. The van der Waals surface area contributed by atoms with Crippen molar-refractivity contribution in [3.63, 3.8) is 0 Å². The van der Waals surface area contributed by atoms with E-state index in [1.165, 1.54) is 6.34 Å². The summed E-state index contributed by atoms with van der Waals surface area (Å²) >= 11 is 0. The summed E-state index contributed by atoms with van der Waals surface area (Å²) in [6.07, 6.45) is 2.26. The van der Waals surface area contributed by atoms with Gasteiger partial charge in [-0.05, 0) is 30.5 Å². The summed E-state index contributed by atoms with van der Waals surface area (Å²) in [6, 6.07) is 6.92. The van der Waals surface area contributed by atoms with Crippen LogP contribution >= 0.6 is 0 Å². The second-order valence-electron chi connectivity index (χ2n) is 5.48. The van der Waals surface area contributed by atoms with Gasteiger partial charge in [0.25, 0.3) is 10.0 Å². The fourth-order valence-electron chi connectivity index (χ4n) is 1.85. The van der Waals surface area contributed by atoms with Crippen molar-refractivity contribution in [3.8, 4) is 0 Å². The van der Waals surface area contributed by atoms with Gasteiger partial charge in [-0.1, -0.05) is 26.0 Å². The summed E-state index contributed by atoms with van der Waals surface area (Å²) in [7, 11) is -3.53. The molecule has 6 heteroatoms. The minimum Gasteiger partial charge on any atom is -0.331 e. The maximum atomic E-state index is 11.8. The Morgan fingerprint density at radius 1 is 1.32 bits per heavy atom. The van der Waals surface area contributed by atoms with Crippen LogP contribution in [-0.2, 0) is 10.0 Å². The van der Waals surface area contributed by atoms with Crippen LogP contribution < -0.4 is 10.6 Å². The van der Waals surface area contributed by atoms with Crippen LogP contribution in [0.2, 0.25) is 0 Å². The number of hydrogen-bond acceptors (Lipinski definition) is 4. The van der Waals surface area contributed by atoms with Crippen molar-refractivity contribution in [2.75, 3.05) is 18.0 Å². The van der Waals surface area contributed by atoms with Gasteiger partial charge in [-0.15, -0.1) is 4.40 Å². The van der Waals surface area contributed by atoms with E-state index in [2.05, 4.69) is 18.2 Å². The van der Waals surface area contributed by atoms with Crippen molar-refractivity contribution in [2.24, 2.45) is 15.5 Å². The molecule has 0 bridgehead atoms. The number of nitrogens with zero attached hydrogens (tertiary/aromatic N) is 2. The Morgan fingerprint density at radius 3 is 2.68 bits per heavy atom. The molecule has 0 saturated carbocycles. The van der Waals surface area contributed by atoms with Crippen molar-refractivity contribution in [1.29, 1.82) is 0 Å². The second kappa shape index (κ2) is 4.94. The van der Waals surface area contributed by atoms with Gasteiger partial charge in [0.1, 0.15) is 11.2 Å². The van der Waals surface area contributed by atoms with Gasteiger partial charge in [0.2, 0.25) is 0 Å². The van der Waals surface area contributed by atoms with Crippen molar-refractivity contribution in [1.82, 2.24) is 0 Å². The molecule has 1 aromatic rings. The lowest BCUT2D eigenvalue weighted by Crippen LogP contribution is -2.33. The fourth-order valence-corrected chi connectivity index (χ4v) is 2.91. The monoisotopic (exact) mass is 281 g/mol. The van der Waals surface area contributed by atoms with Crippen LogP contribution in [-0.4, -0.2) is 27.8 Å². The number of nitrogens with two attached hydrogens (primary N) is 1. The van der Waals surface area contributed by atoms with Gasteiger partial charge in [0, 0.05) is 6.54 Å². The van der Waals surface area contributed by atoms with E-state index in [1.807, 2.05) is 11.0 Å². The molecule has 0 aromatic heterocycles. The highest BCUT2D eigenvalue weighted by Crippen LogP contribution is 2.30. The minimum absolute atomic E-state index is 0.0269. The molecule has 1 aromatic carbocycles. The Morgan fingerprint density at radius 2 is 2.00 bits per heavy atom. The first-order chi connectivity index (χ1) is 8.86. The van der Waals surface area contributed by atoms with Gasteiger partial charge in [0.15, 0.2) is 0 Å². The first-order valence-electron chi connectivity index (χ1n) is 6.22. The Labute approximate surface area is 114 Å². The molecule has 5 nitrogen and oxygen atoms in total. The minimum atomic E-state index is -3.53. The lowest BCUT2D eigenvalue weighted by atomic mass is 9.89. The number of fused-ring (bicyclic) bond motifs is 1. The molecular formula is C13H19N3O2S. The average Bonchev–Trinajstić information content (AvgIpc) is 2.38. The molecule has 0 atom stereocenters. The maximum Gasteiger partial charge on any atom is 0.285 e. The van der Waals surface area contributed by atoms with E-state index >= 15 is 0 Å². The van der Waals surface area contributed by atoms with E-state index in [9.17, 15) is 8.42 Å². The van der Waals surface area contributed by atoms with E-state index in [4.69, 9.17) is 5.73 Å². The lowest BCUT2D eigenvalue weighted by Gasteiger charge is -2.29. The van der Waals surface area contributed by atoms with E-state index in [-0.39, 0.29) is 10.3 Å². The molecule has 1 aliphatic rings. The molecule has 0 spiro atoms. The first kappa shape index (κ1) is 14.0. The molecule has 19 heavy (non-hydrogen) atoms. The van der Waals surface area contributed by atoms with Gasteiger partial charge in [-0.2, -0.15) is 8.42 Å². The third-order valence-corrected chi connectivity index (χ3v) is 4.63. The van der Waals surface area contributed by atoms with Crippen LogP contribution in [0.4, 0.5) is 5.69 Å². The van der Waals surface area contributed by atoms with Gasteiger partial charge < -0.3 is 10.6 Å². The normalized spacial score (nSPS) is 17.3. The summed E-state index contributed by atoms with van der Waals surface area (Å²) in [5.74, 6) is 0. The number of sulfonamides is 1. The van der Waals surface area contributed by atoms with Gasteiger partial charge in [-0.25, -0.2) is 0 Å². The van der Waals surface area contributed by atoms with Crippen LogP contribution in [0.15, 0.2) is 33.6 Å². The van der Waals surface area contributed by atoms with E-state index in [1.54, 1.807) is 18.2 Å². The van der Waals surface area contributed by atoms with Crippen LogP contribution in [0.5, 0.6) is 0 Å². The van der Waals surface area contributed by atoms with Gasteiger partial charge >= 0.3 is 0 Å². The van der Waals surface area contributed by atoms with Crippen molar-refractivity contribution >= 4 is 22.0 Å². The van der Waals surface area contributed by atoms with Crippen LogP contribution in [0.1, 0.15) is 20.3 Å². The molecule has 104 valence electrons. The summed E-state index contributed by atoms with van der Waals surface area (Å²) in [6.45, 7) is 5.48. The molecule has 0 amide bonds. The quantitative estimate of drug-likeness (QED) is 0.909. The zero-order valence-corrected chi connectivity index (χ0v) is 12.0. The highest BCUT2D eigenvalue weighted by Gasteiger charge is 2.26. The molecule has 1 aliphatic heterocycles. The van der Waals surface area contributed by atoms with E-state index in [0.717, 1.165) is 6.42 Å². The van der Waals surface area contributed by atoms with Crippen LogP contribution in [0.25, 0.3) is 0 Å². The van der Waals surface area contributed by atoms with Gasteiger partial charge in [0.05, 0.1) is 5.69 Å². The summed E-state index contributed by atoms with van der Waals surface area (Å²) in [5.41, 5.74) is 6.42. The number of anilines is 1. The molecule has 2 N–H and O–H groups in total. The Bertz CT molecular complexity index is 594. The van der Waals surface area contributed by atoms with Crippen molar-refractivity contribution in [2.45, 2.75) is 25.2 Å². The molecule has 0 radical (unpaired) electrons. The number of benzene rings is 1. The Balaban J connectivity index is 2.26. The number of hydrogen-bond donors (Lipinski definition) is 1. The molecular weight excluding hydrogens is 262 g/mol. The lowest BCUT2D eigenvalue weighted by molar-refractivity contribution is 0.354. The standard InChI is InChI=1S/C13H19N3O2S/c1-13(2,9-14)7-8-16-10-15-19(17,18)12-6-4-3-5-11(12)16/h3-6,10H,7-9,14H2,1-2H3. The third-order valence-electron chi connectivity index (χ3n) is 3.36. The molecule has 0 aliphatic carbocycles. The second-order valence-corrected chi connectivity index (χ2v) is 7.08. The first-order valence-corrected chi connectivity index (χ1v) is 7.66. The highest BCUT2D eigenvalue weighted by molar-refractivity contribution is 7.90. The van der Waals surface area contributed by atoms with Crippen LogP contribution in [0.3, 0.4) is 0 Å². The fraction of sp³-hybridized carbons (Fsp3) is 0.462. The van der Waals surface area contributed by atoms with Crippen molar-refractivity contribution in [3.05, 3.63) is 24.3 Å². The zero-order valence-electron chi connectivity index (χ0n) is 11.2. The van der Waals surface area contributed by atoms with E-state index < -0.39 is 10.0 Å². The predicted octanol–water partition coefficient (Wildman–Crippen LogP) is 1.60. The predicted molar refractivity (Wildman–Crippen MR) is 76.9 cm³/mol. The largest absolute Gasteiger partial charge is 0.331 e. The molecule has 1 heterocycles. The smallest absolute Gasteiger partial charge is 0.285 e. The topological polar surface area (TPSA) is 75.8 Å². The third kappa shape index (κ3) is 2.96. The summed E-state index contributed by atoms with van der Waals surface area (Å²) < 4.78 is 27.3. The number of rotatable bonds is 4. The van der Waals surface area contributed by atoms with Crippen LogP contribution in [0, 0.1) is 5.41 Å². The summed E-state index contributed by atoms with van der Waals surface area (Å²) in [5, 5.41) is 0. The Kier molecular flexibility index (Phi) is 3.64. The molecule has 0 unspecified atom stereocenters. The Hall–Kier alpha value is -1.40. The van der Waals surface area contributed by atoms with Crippen molar-refractivity contribution < 1.29 is 8.42 Å².